The van der Waals surface area contributed by atoms with Gasteiger partial charge in [0.2, 0.25) is 0 Å². The molecule has 18 heavy (non-hydrogen) atoms. The summed E-state index contributed by atoms with van der Waals surface area (Å²) in [7, 11) is 0. The van der Waals surface area contributed by atoms with E-state index in [4.69, 9.17) is 5.73 Å². The summed E-state index contributed by atoms with van der Waals surface area (Å²) in [6, 6.07) is 4.96. The SMILES string of the molecule is Cc1cc(C)c(C(CN)N2CCSCC2)c(C)c1. The maximum atomic E-state index is 6.06. The van der Waals surface area contributed by atoms with Crippen molar-refractivity contribution in [2.45, 2.75) is 26.8 Å². The lowest BCUT2D eigenvalue weighted by molar-refractivity contribution is 0.222. The number of aryl methyl sites for hydroxylation is 3. The molecule has 1 fully saturated rings. The van der Waals surface area contributed by atoms with Crippen LogP contribution in [0.4, 0.5) is 0 Å². The number of hydrogen-bond acceptors (Lipinski definition) is 3. The normalized spacial score (nSPS) is 18.9. The Kier molecular flexibility index (Phi) is 4.71. The van der Waals surface area contributed by atoms with E-state index in [1.54, 1.807) is 0 Å². The molecule has 0 amide bonds. The Morgan fingerprint density at radius 1 is 1.17 bits per heavy atom. The Bertz CT molecular complexity index is 388. The van der Waals surface area contributed by atoms with E-state index in [2.05, 4.69) is 49.6 Å². The highest BCUT2D eigenvalue weighted by atomic mass is 32.2. The van der Waals surface area contributed by atoms with Gasteiger partial charge in [-0.3, -0.25) is 4.90 Å². The Balaban J connectivity index is 2.32. The van der Waals surface area contributed by atoms with Crippen molar-refractivity contribution < 1.29 is 0 Å². The van der Waals surface area contributed by atoms with E-state index in [1.165, 1.54) is 46.8 Å². The van der Waals surface area contributed by atoms with Crippen LogP contribution < -0.4 is 5.73 Å². The van der Waals surface area contributed by atoms with Crippen LogP contribution in [0, 0.1) is 20.8 Å². The molecule has 3 heteroatoms. The monoisotopic (exact) mass is 264 g/mol. The van der Waals surface area contributed by atoms with Gasteiger partial charge in [0.1, 0.15) is 0 Å². The third-order valence-corrected chi connectivity index (χ3v) is 4.72. The van der Waals surface area contributed by atoms with Gasteiger partial charge in [-0.05, 0) is 37.5 Å². The van der Waals surface area contributed by atoms with Gasteiger partial charge in [0.15, 0.2) is 0 Å². The average molecular weight is 264 g/mol. The van der Waals surface area contributed by atoms with E-state index in [0.29, 0.717) is 6.04 Å². The first-order valence-corrected chi connectivity index (χ1v) is 7.88. The summed E-state index contributed by atoms with van der Waals surface area (Å²) < 4.78 is 0. The highest BCUT2D eigenvalue weighted by molar-refractivity contribution is 7.99. The summed E-state index contributed by atoms with van der Waals surface area (Å²) in [6.07, 6.45) is 0. The smallest absolute Gasteiger partial charge is 0.0476 e. The molecule has 0 radical (unpaired) electrons. The molecule has 0 bridgehead atoms. The second kappa shape index (κ2) is 6.09. The fraction of sp³-hybridized carbons (Fsp3) is 0.600. The van der Waals surface area contributed by atoms with Gasteiger partial charge in [0, 0.05) is 37.2 Å². The van der Waals surface area contributed by atoms with Crippen molar-refractivity contribution in [1.82, 2.24) is 4.90 Å². The van der Waals surface area contributed by atoms with Gasteiger partial charge in [0.05, 0.1) is 0 Å². The van der Waals surface area contributed by atoms with Gasteiger partial charge >= 0.3 is 0 Å². The van der Waals surface area contributed by atoms with Crippen molar-refractivity contribution in [2.75, 3.05) is 31.1 Å². The summed E-state index contributed by atoms with van der Waals surface area (Å²) >= 11 is 2.05. The van der Waals surface area contributed by atoms with Crippen molar-refractivity contribution in [3.05, 3.63) is 34.4 Å². The van der Waals surface area contributed by atoms with E-state index in [0.717, 1.165) is 6.54 Å². The van der Waals surface area contributed by atoms with E-state index in [1.807, 2.05) is 0 Å². The van der Waals surface area contributed by atoms with Crippen LogP contribution in [0.1, 0.15) is 28.3 Å². The largest absolute Gasteiger partial charge is 0.329 e. The summed E-state index contributed by atoms with van der Waals surface area (Å²) in [4.78, 5) is 2.56. The van der Waals surface area contributed by atoms with Crippen LogP contribution in [-0.4, -0.2) is 36.0 Å². The summed E-state index contributed by atoms with van der Waals surface area (Å²) in [5.41, 5.74) is 11.6. The van der Waals surface area contributed by atoms with Crippen molar-refractivity contribution in [3.63, 3.8) is 0 Å². The second-order valence-corrected chi connectivity index (χ2v) is 6.44. The van der Waals surface area contributed by atoms with Crippen LogP contribution in [0.15, 0.2) is 12.1 Å². The van der Waals surface area contributed by atoms with Crippen molar-refractivity contribution in [2.24, 2.45) is 5.73 Å². The molecular weight excluding hydrogens is 240 g/mol. The van der Waals surface area contributed by atoms with Crippen molar-refractivity contribution in [1.29, 1.82) is 0 Å². The molecule has 1 aliphatic heterocycles. The lowest BCUT2D eigenvalue weighted by Gasteiger charge is -2.35. The summed E-state index contributed by atoms with van der Waals surface area (Å²) in [6.45, 7) is 9.65. The number of hydrogen-bond donors (Lipinski definition) is 1. The van der Waals surface area contributed by atoms with Crippen molar-refractivity contribution >= 4 is 11.8 Å². The lowest BCUT2D eigenvalue weighted by atomic mass is 9.93. The zero-order valence-corrected chi connectivity index (χ0v) is 12.5. The molecule has 0 aliphatic carbocycles. The molecule has 100 valence electrons. The average Bonchev–Trinajstić information content (AvgIpc) is 2.34. The van der Waals surface area contributed by atoms with Gasteiger partial charge < -0.3 is 5.73 Å². The zero-order valence-electron chi connectivity index (χ0n) is 11.7. The molecule has 0 aromatic heterocycles. The maximum absolute atomic E-state index is 6.06. The molecular formula is C15H24N2S. The molecule has 1 aromatic rings. The highest BCUT2D eigenvalue weighted by Crippen LogP contribution is 2.29. The number of nitrogens with zero attached hydrogens (tertiary/aromatic N) is 1. The fourth-order valence-electron chi connectivity index (χ4n) is 3.06. The Morgan fingerprint density at radius 3 is 2.22 bits per heavy atom. The highest BCUT2D eigenvalue weighted by Gasteiger charge is 2.23. The third-order valence-electron chi connectivity index (χ3n) is 3.78. The van der Waals surface area contributed by atoms with Crippen molar-refractivity contribution in [3.8, 4) is 0 Å². The van der Waals surface area contributed by atoms with E-state index >= 15 is 0 Å². The first-order valence-electron chi connectivity index (χ1n) is 6.73. The standard InChI is InChI=1S/C15H24N2S/c1-11-8-12(2)15(13(3)9-11)14(10-16)17-4-6-18-7-5-17/h8-9,14H,4-7,10,16H2,1-3H3. The topological polar surface area (TPSA) is 29.3 Å². The molecule has 1 unspecified atom stereocenters. The van der Waals surface area contributed by atoms with Gasteiger partial charge in [-0.2, -0.15) is 11.8 Å². The number of thioether (sulfide) groups is 1. The van der Waals surface area contributed by atoms with Gasteiger partial charge in [-0.15, -0.1) is 0 Å². The summed E-state index contributed by atoms with van der Waals surface area (Å²) in [5.74, 6) is 2.47. The quantitative estimate of drug-likeness (QED) is 0.910. The van der Waals surface area contributed by atoms with Crippen LogP contribution in [0.5, 0.6) is 0 Å². The molecule has 1 heterocycles. The van der Waals surface area contributed by atoms with Crippen LogP contribution in [0.3, 0.4) is 0 Å². The molecule has 2 nitrogen and oxygen atoms in total. The maximum Gasteiger partial charge on any atom is 0.0476 e. The number of benzene rings is 1. The number of rotatable bonds is 3. The minimum absolute atomic E-state index is 0.395. The zero-order chi connectivity index (χ0) is 13.1. The van der Waals surface area contributed by atoms with E-state index < -0.39 is 0 Å². The van der Waals surface area contributed by atoms with Gasteiger partial charge in [0.25, 0.3) is 0 Å². The predicted octanol–water partition coefficient (Wildman–Crippen LogP) is 2.66. The minimum atomic E-state index is 0.395. The fourth-order valence-corrected chi connectivity index (χ4v) is 3.99. The minimum Gasteiger partial charge on any atom is -0.329 e. The summed E-state index contributed by atoms with van der Waals surface area (Å²) in [5, 5.41) is 0. The molecule has 1 atom stereocenters. The Labute approximate surface area is 115 Å². The van der Waals surface area contributed by atoms with E-state index in [-0.39, 0.29) is 0 Å². The third kappa shape index (κ3) is 2.90. The molecule has 2 rings (SSSR count). The molecule has 1 saturated heterocycles. The molecule has 0 spiro atoms. The van der Waals surface area contributed by atoms with Crippen LogP contribution in [0.2, 0.25) is 0 Å². The lowest BCUT2D eigenvalue weighted by Crippen LogP contribution is -2.40. The first kappa shape index (κ1) is 13.9. The van der Waals surface area contributed by atoms with E-state index in [9.17, 15) is 0 Å². The second-order valence-electron chi connectivity index (χ2n) is 5.21. The van der Waals surface area contributed by atoms with Crippen LogP contribution in [0.25, 0.3) is 0 Å². The molecule has 0 saturated carbocycles. The molecule has 1 aliphatic rings. The number of nitrogens with two attached hydrogens (primary N) is 1. The Hall–Kier alpha value is -0.510. The van der Waals surface area contributed by atoms with Crippen LogP contribution in [-0.2, 0) is 0 Å². The molecule has 1 aromatic carbocycles. The van der Waals surface area contributed by atoms with Gasteiger partial charge in [-0.1, -0.05) is 17.7 Å². The van der Waals surface area contributed by atoms with Gasteiger partial charge in [-0.25, -0.2) is 0 Å². The van der Waals surface area contributed by atoms with Crippen LogP contribution >= 0.6 is 11.8 Å². The predicted molar refractivity (Wildman–Crippen MR) is 81.3 cm³/mol. The Morgan fingerprint density at radius 2 is 1.72 bits per heavy atom. The first-order chi connectivity index (χ1) is 8.63. The molecule has 2 N–H and O–H groups in total.